The van der Waals surface area contributed by atoms with Gasteiger partial charge in [-0.15, -0.1) is 0 Å². The largest absolute Gasteiger partial charge is 0.378 e. The van der Waals surface area contributed by atoms with E-state index in [1.54, 1.807) is 0 Å². The first-order valence-corrected chi connectivity index (χ1v) is 7.15. The Hall–Kier alpha value is -0.0800. The van der Waals surface area contributed by atoms with Crippen molar-refractivity contribution in [2.45, 2.75) is 76.9 Å². The summed E-state index contributed by atoms with van der Waals surface area (Å²) < 4.78 is 5.65. The van der Waals surface area contributed by atoms with E-state index < -0.39 is 0 Å². The Bertz CT molecular complexity index is 155. The van der Waals surface area contributed by atoms with E-state index in [-0.39, 0.29) is 0 Å². The highest BCUT2D eigenvalue weighted by Crippen LogP contribution is 2.19. The molecule has 0 aromatic heterocycles. The first kappa shape index (κ1) is 14.0. The Morgan fingerprint density at radius 2 is 2.06 bits per heavy atom. The first-order chi connectivity index (χ1) is 7.86. The van der Waals surface area contributed by atoms with Gasteiger partial charge in [0.05, 0.1) is 6.10 Å². The summed E-state index contributed by atoms with van der Waals surface area (Å²) in [6.45, 7) is 3.27. The molecule has 1 rings (SSSR count). The Morgan fingerprint density at radius 1 is 1.25 bits per heavy atom. The molecule has 0 aromatic rings. The monoisotopic (exact) mass is 227 g/mol. The summed E-state index contributed by atoms with van der Waals surface area (Å²) in [7, 11) is 2.10. The van der Waals surface area contributed by atoms with Gasteiger partial charge in [0.15, 0.2) is 0 Å². The zero-order chi connectivity index (χ0) is 11.6. The molecule has 2 heteroatoms. The van der Waals surface area contributed by atoms with Gasteiger partial charge < -0.3 is 10.1 Å². The van der Waals surface area contributed by atoms with Gasteiger partial charge in [0, 0.05) is 12.6 Å². The van der Waals surface area contributed by atoms with Gasteiger partial charge in [0.1, 0.15) is 0 Å². The molecule has 0 spiro atoms. The summed E-state index contributed by atoms with van der Waals surface area (Å²) in [4.78, 5) is 0. The van der Waals surface area contributed by atoms with E-state index in [1.165, 1.54) is 57.8 Å². The van der Waals surface area contributed by atoms with E-state index in [1.807, 2.05) is 0 Å². The number of hydrogen-bond acceptors (Lipinski definition) is 2. The van der Waals surface area contributed by atoms with Gasteiger partial charge in [-0.25, -0.2) is 0 Å². The Morgan fingerprint density at radius 3 is 2.69 bits per heavy atom. The minimum absolute atomic E-state index is 0.577. The van der Waals surface area contributed by atoms with Crippen molar-refractivity contribution in [3.63, 3.8) is 0 Å². The molecule has 0 aromatic carbocycles. The van der Waals surface area contributed by atoms with Crippen molar-refractivity contribution in [3.8, 4) is 0 Å². The highest BCUT2D eigenvalue weighted by atomic mass is 16.5. The molecule has 1 aliphatic heterocycles. The molecule has 1 saturated heterocycles. The predicted molar refractivity (Wildman–Crippen MR) is 69.8 cm³/mol. The Balaban J connectivity index is 1.99. The number of unbranched alkanes of at least 4 members (excludes halogenated alkanes) is 2. The third-order valence-electron chi connectivity index (χ3n) is 3.67. The molecule has 1 heterocycles. The lowest BCUT2D eigenvalue weighted by atomic mass is 10.0. The van der Waals surface area contributed by atoms with E-state index in [2.05, 4.69) is 19.3 Å². The van der Waals surface area contributed by atoms with Gasteiger partial charge in [0.25, 0.3) is 0 Å². The molecule has 0 aliphatic carbocycles. The number of rotatable bonds is 9. The van der Waals surface area contributed by atoms with Crippen LogP contribution in [0.3, 0.4) is 0 Å². The van der Waals surface area contributed by atoms with E-state index in [0.717, 1.165) is 12.6 Å². The molecule has 2 atom stereocenters. The molecular weight excluding hydrogens is 198 g/mol. The van der Waals surface area contributed by atoms with Crippen molar-refractivity contribution >= 4 is 0 Å². The molecule has 96 valence electrons. The SMILES string of the molecule is CCCCCC(CCCC1CCCO1)NC. The van der Waals surface area contributed by atoms with Crippen molar-refractivity contribution in [2.75, 3.05) is 13.7 Å². The van der Waals surface area contributed by atoms with Crippen LogP contribution in [0.2, 0.25) is 0 Å². The average Bonchev–Trinajstić information content (AvgIpc) is 2.80. The van der Waals surface area contributed by atoms with Crippen LogP contribution in [0, 0.1) is 0 Å². The molecule has 2 unspecified atom stereocenters. The van der Waals surface area contributed by atoms with Gasteiger partial charge >= 0.3 is 0 Å². The Kier molecular flexibility index (Phi) is 7.87. The predicted octanol–water partition coefficient (Wildman–Crippen LogP) is 3.50. The van der Waals surface area contributed by atoms with Gasteiger partial charge in [-0.05, 0) is 45.6 Å². The molecule has 1 aliphatic rings. The second-order valence-corrected chi connectivity index (χ2v) is 5.05. The van der Waals surface area contributed by atoms with Crippen molar-refractivity contribution in [1.29, 1.82) is 0 Å². The van der Waals surface area contributed by atoms with Crippen LogP contribution in [0.1, 0.15) is 64.7 Å². The maximum atomic E-state index is 5.65. The number of ether oxygens (including phenoxy) is 1. The fraction of sp³-hybridized carbons (Fsp3) is 1.00. The lowest BCUT2D eigenvalue weighted by molar-refractivity contribution is 0.101. The fourth-order valence-corrected chi connectivity index (χ4v) is 2.54. The number of hydrogen-bond donors (Lipinski definition) is 1. The van der Waals surface area contributed by atoms with Crippen LogP contribution in [0.15, 0.2) is 0 Å². The van der Waals surface area contributed by atoms with Gasteiger partial charge in [-0.2, -0.15) is 0 Å². The summed E-state index contributed by atoms with van der Waals surface area (Å²) in [6.07, 6.45) is 12.5. The van der Waals surface area contributed by atoms with Crippen molar-refractivity contribution in [3.05, 3.63) is 0 Å². The summed E-state index contributed by atoms with van der Waals surface area (Å²) in [6, 6.07) is 0.730. The molecule has 16 heavy (non-hydrogen) atoms. The fourth-order valence-electron chi connectivity index (χ4n) is 2.54. The van der Waals surface area contributed by atoms with E-state index >= 15 is 0 Å². The van der Waals surface area contributed by atoms with Crippen LogP contribution in [-0.4, -0.2) is 25.8 Å². The van der Waals surface area contributed by atoms with Gasteiger partial charge in [0.2, 0.25) is 0 Å². The van der Waals surface area contributed by atoms with Crippen LogP contribution in [0.4, 0.5) is 0 Å². The third kappa shape index (κ3) is 5.86. The minimum atomic E-state index is 0.577. The van der Waals surface area contributed by atoms with E-state index in [9.17, 15) is 0 Å². The minimum Gasteiger partial charge on any atom is -0.378 e. The summed E-state index contributed by atoms with van der Waals surface area (Å²) >= 11 is 0. The van der Waals surface area contributed by atoms with E-state index in [0.29, 0.717) is 6.10 Å². The molecule has 1 fully saturated rings. The standard InChI is InChI=1S/C14H29NO/c1-3-4-5-8-13(15-2)9-6-10-14-11-7-12-16-14/h13-15H,3-12H2,1-2H3. The quantitative estimate of drug-likeness (QED) is 0.609. The molecule has 0 radical (unpaired) electrons. The van der Waals surface area contributed by atoms with Crippen molar-refractivity contribution < 1.29 is 4.74 Å². The normalized spacial score (nSPS) is 22.5. The second kappa shape index (κ2) is 9.00. The van der Waals surface area contributed by atoms with Crippen LogP contribution < -0.4 is 5.32 Å². The highest BCUT2D eigenvalue weighted by Gasteiger charge is 2.15. The average molecular weight is 227 g/mol. The molecular formula is C14H29NO. The maximum absolute atomic E-state index is 5.65. The van der Waals surface area contributed by atoms with Crippen LogP contribution >= 0.6 is 0 Å². The van der Waals surface area contributed by atoms with Crippen LogP contribution in [0.25, 0.3) is 0 Å². The van der Waals surface area contributed by atoms with Crippen LogP contribution in [-0.2, 0) is 4.74 Å². The van der Waals surface area contributed by atoms with E-state index in [4.69, 9.17) is 4.74 Å². The molecule has 0 bridgehead atoms. The zero-order valence-corrected chi connectivity index (χ0v) is 11.1. The summed E-state index contributed by atoms with van der Waals surface area (Å²) in [5.74, 6) is 0. The summed E-state index contributed by atoms with van der Waals surface area (Å²) in [5.41, 5.74) is 0. The topological polar surface area (TPSA) is 21.3 Å². The molecule has 1 N–H and O–H groups in total. The smallest absolute Gasteiger partial charge is 0.0576 e. The molecule has 2 nitrogen and oxygen atoms in total. The highest BCUT2D eigenvalue weighted by molar-refractivity contribution is 4.69. The zero-order valence-electron chi connectivity index (χ0n) is 11.1. The van der Waals surface area contributed by atoms with Gasteiger partial charge in [-0.1, -0.05) is 26.2 Å². The molecule has 0 amide bonds. The lowest BCUT2D eigenvalue weighted by Gasteiger charge is -2.17. The lowest BCUT2D eigenvalue weighted by Crippen LogP contribution is -2.25. The Labute approximate surface area is 101 Å². The third-order valence-corrected chi connectivity index (χ3v) is 3.67. The summed E-state index contributed by atoms with van der Waals surface area (Å²) in [5, 5.41) is 3.45. The van der Waals surface area contributed by atoms with Gasteiger partial charge in [-0.3, -0.25) is 0 Å². The first-order valence-electron chi connectivity index (χ1n) is 7.15. The maximum Gasteiger partial charge on any atom is 0.0576 e. The van der Waals surface area contributed by atoms with Crippen LogP contribution in [0.5, 0.6) is 0 Å². The number of nitrogens with one attached hydrogen (secondary N) is 1. The second-order valence-electron chi connectivity index (χ2n) is 5.05. The molecule has 0 saturated carbocycles. The van der Waals surface area contributed by atoms with Crippen molar-refractivity contribution in [1.82, 2.24) is 5.32 Å². The van der Waals surface area contributed by atoms with Crippen molar-refractivity contribution in [2.24, 2.45) is 0 Å².